The molecule has 3 aromatic rings. The van der Waals surface area contributed by atoms with Gasteiger partial charge < -0.3 is 15.4 Å². The summed E-state index contributed by atoms with van der Waals surface area (Å²) in [7, 11) is 0. The number of amides is 2. The molecule has 0 saturated carbocycles. The van der Waals surface area contributed by atoms with Gasteiger partial charge in [-0.1, -0.05) is 38.1 Å². The summed E-state index contributed by atoms with van der Waals surface area (Å²) in [5.41, 5.74) is 3.22. The van der Waals surface area contributed by atoms with Crippen LogP contribution in [0.2, 0.25) is 0 Å². The Morgan fingerprint density at radius 1 is 1.00 bits per heavy atom. The van der Waals surface area contributed by atoms with Crippen LogP contribution < -0.4 is 15.4 Å². The summed E-state index contributed by atoms with van der Waals surface area (Å²) in [6.07, 6.45) is 2.50. The molecule has 1 unspecified atom stereocenters. The van der Waals surface area contributed by atoms with Crippen molar-refractivity contribution in [3.8, 4) is 5.75 Å². The highest BCUT2D eigenvalue weighted by atomic mass is 16.5. The monoisotopic (exact) mass is 417 g/mol. The minimum absolute atomic E-state index is 0.210. The van der Waals surface area contributed by atoms with Crippen LogP contribution in [0.5, 0.6) is 5.75 Å². The third kappa shape index (κ3) is 6.40. The van der Waals surface area contributed by atoms with E-state index in [0.29, 0.717) is 29.5 Å². The molecule has 0 radical (unpaired) electrons. The number of rotatable bonds is 8. The number of aromatic nitrogens is 1. The summed E-state index contributed by atoms with van der Waals surface area (Å²) in [4.78, 5) is 28.7. The Morgan fingerprint density at radius 3 is 2.45 bits per heavy atom. The van der Waals surface area contributed by atoms with Crippen molar-refractivity contribution in [2.45, 2.75) is 39.3 Å². The maximum Gasteiger partial charge on any atom is 0.261 e. The Labute approximate surface area is 182 Å². The molecule has 0 saturated heterocycles. The van der Waals surface area contributed by atoms with E-state index in [1.807, 2.05) is 42.5 Å². The normalized spacial score (nSPS) is 11.6. The van der Waals surface area contributed by atoms with Gasteiger partial charge in [0.05, 0.1) is 5.56 Å². The van der Waals surface area contributed by atoms with Crippen molar-refractivity contribution in [2.24, 2.45) is 0 Å². The lowest BCUT2D eigenvalue weighted by atomic mass is 10.0. The van der Waals surface area contributed by atoms with Crippen molar-refractivity contribution >= 4 is 17.5 Å². The first-order valence-electron chi connectivity index (χ1n) is 10.3. The maximum absolute atomic E-state index is 12.4. The number of carbonyl (C=O) groups is 2. The average molecular weight is 418 g/mol. The lowest BCUT2D eigenvalue weighted by Gasteiger charge is -2.16. The molecule has 2 amide bonds. The lowest BCUT2D eigenvalue weighted by molar-refractivity contribution is -0.127. The number of nitrogens with one attached hydrogen (secondary N) is 2. The summed E-state index contributed by atoms with van der Waals surface area (Å²) < 4.78 is 5.75. The van der Waals surface area contributed by atoms with Crippen molar-refractivity contribution < 1.29 is 14.3 Å². The molecule has 31 heavy (non-hydrogen) atoms. The second-order valence-corrected chi connectivity index (χ2v) is 7.60. The molecule has 2 aromatic carbocycles. The fraction of sp³-hybridized carbons (Fsp3) is 0.240. The average Bonchev–Trinajstić information content (AvgIpc) is 2.78. The van der Waals surface area contributed by atoms with Gasteiger partial charge in [-0.2, -0.15) is 0 Å². The standard InChI is InChI=1S/C25H27N3O3/c1-17(2)20-9-11-23(12-10-20)31-18(3)24(29)27-15-19-6-4-8-22(14-19)28-25(30)21-7-5-13-26-16-21/h4-14,16-18H,15H2,1-3H3,(H,27,29)(H,28,30). The first-order valence-corrected chi connectivity index (χ1v) is 10.3. The van der Waals surface area contributed by atoms with E-state index in [0.717, 1.165) is 5.56 Å². The van der Waals surface area contributed by atoms with Crippen LogP contribution in [0, 0.1) is 0 Å². The third-order valence-electron chi connectivity index (χ3n) is 4.80. The van der Waals surface area contributed by atoms with Gasteiger partial charge in [0.1, 0.15) is 5.75 Å². The number of pyridine rings is 1. The molecular formula is C25H27N3O3. The predicted octanol–water partition coefficient (Wildman–Crippen LogP) is 4.54. The summed E-state index contributed by atoms with van der Waals surface area (Å²) in [5, 5.41) is 5.71. The number of benzene rings is 2. The summed E-state index contributed by atoms with van der Waals surface area (Å²) >= 11 is 0. The molecule has 3 rings (SSSR count). The number of ether oxygens (including phenoxy) is 1. The van der Waals surface area contributed by atoms with Crippen LogP contribution in [0.1, 0.15) is 48.2 Å². The van der Waals surface area contributed by atoms with Gasteiger partial charge >= 0.3 is 0 Å². The van der Waals surface area contributed by atoms with Gasteiger partial charge in [0.15, 0.2) is 6.10 Å². The molecule has 0 spiro atoms. The zero-order chi connectivity index (χ0) is 22.2. The smallest absolute Gasteiger partial charge is 0.261 e. The number of nitrogens with zero attached hydrogens (tertiary/aromatic N) is 1. The third-order valence-corrected chi connectivity index (χ3v) is 4.80. The van der Waals surface area contributed by atoms with Crippen molar-refractivity contribution in [3.63, 3.8) is 0 Å². The first-order chi connectivity index (χ1) is 14.9. The van der Waals surface area contributed by atoms with Gasteiger partial charge in [-0.15, -0.1) is 0 Å². The van der Waals surface area contributed by atoms with Gasteiger partial charge in [-0.25, -0.2) is 0 Å². The minimum Gasteiger partial charge on any atom is -0.481 e. The highest BCUT2D eigenvalue weighted by Gasteiger charge is 2.15. The van der Waals surface area contributed by atoms with Crippen LogP contribution in [-0.2, 0) is 11.3 Å². The maximum atomic E-state index is 12.4. The molecule has 0 bridgehead atoms. The molecule has 0 aliphatic rings. The fourth-order valence-corrected chi connectivity index (χ4v) is 2.98. The Hall–Kier alpha value is -3.67. The summed E-state index contributed by atoms with van der Waals surface area (Å²) in [6, 6.07) is 18.5. The van der Waals surface area contributed by atoms with Gasteiger partial charge in [-0.05, 0) is 60.4 Å². The lowest BCUT2D eigenvalue weighted by Crippen LogP contribution is -2.35. The van der Waals surface area contributed by atoms with Crippen LogP contribution in [0.3, 0.4) is 0 Å². The number of hydrogen-bond donors (Lipinski definition) is 2. The predicted molar refractivity (Wildman–Crippen MR) is 121 cm³/mol. The van der Waals surface area contributed by atoms with Gasteiger partial charge in [-0.3, -0.25) is 14.6 Å². The summed E-state index contributed by atoms with van der Waals surface area (Å²) in [5.74, 6) is 0.657. The zero-order valence-corrected chi connectivity index (χ0v) is 18.0. The molecule has 2 N–H and O–H groups in total. The molecule has 1 aromatic heterocycles. The molecule has 0 fully saturated rings. The van der Waals surface area contributed by atoms with Crippen LogP contribution in [0.4, 0.5) is 5.69 Å². The SMILES string of the molecule is CC(Oc1ccc(C(C)C)cc1)C(=O)NCc1cccc(NC(=O)c2cccnc2)c1. The van der Waals surface area contributed by atoms with Crippen LogP contribution >= 0.6 is 0 Å². The number of hydrogen-bond acceptors (Lipinski definition) is 4. The van der Waals surface area contributed by atoms with E-state index in [-0.39, 0.29) is 11.8 Å². The molecule has 0 aliphatic heterocycles. The van der Waals surface area contributed by atoms with E-state index in [2.05, 4.69) is 29.5 Å². The molecule has 6 heteroatoms. The topological polar surface area (TPSA) is 80.3 Å². The number of anilines is 1. The van der Waals surface area contributed by atoms with Crippen LogP contribution in [-0.4, -0.2) is 22.9 Å². The zero-order valence-electron chi connectivity index (χ0n) is 18.0. The van der Waals surface area contributed by atoms with E-state index in [1.54, 1.807) is 31.3 Å². The first kappa shape index (κ1) is 22.0. The minimum atomic E-state index is -0.627. The van der Waals surface area contributed by atoms with E-state index in [1.165, 1.54) is 11.8 Å². The Bertz CT molecular complexity index is 1020. The Kier molecular flexibility index (Phi) is 7.38. The van der Waals surface area contributed by atoms with E-state index in [9.17, 15) is 9.59 Å². The fourth-order valence-electron chi connectivity index (χ4n) is 2.98. The molecule has 6 nitrogen and oxygen atoms in total. The summed E-state index contributed by atoms with van der Waals surface area (Å²) in [6.45, 7) is 6.31. The second-order valence-electron chi connectivity index (χ2n) is 7.60. The molecule has 160 valence electrons. The van der Waals surface area contributed by atoms with E-state index < -0.39 is 6.10 Å². The largest absolute Gasteiger partial charge is 0.481 e. The van der Waals surface area contributed by atoms with Crippen molar-refractivity contribution in [1.82, 2.24) is 10.3 Å². The molecular weight excluding hydrogens is 390 g/mol. The Balaban J connectivity index is 1.52. The van der Waals surface area contributed by atoms with Crippen molar-refractivity contribution in [2.75, 3.05) is 5.32 Å². The van der Waals surface area contributed by atoms with E-state index >= 15 is 0 Å². The highest BCUT2D eigenvalue weighted by Crippen LogP contribution is 2.19. The van der Waals surface area contributed by atoms with E-state index in [4.69, 9.17) is 4.74 Å². The Morgan fingerprint density at radius 2 is 1.77 bits per heavy atom. The second kappa shape index (κ2) is 10.4. The van der Waals surface area contributed by atoms with Gasteiger partial charge in [0.25, 0.3) is 11.8 Å². The highest BCUT2D eigenvalue weighted by molar-refractivity contribution is 6.04. The van der Waals surface area contributed by atoms with Crippen LogP contribution in [0.25, 0.3) is 0 Å². The molecule has 0 aliphatic carbocycles. The number of carbonyl (C=O) groups excluding carboxylic acids is 2. The van der Waals surface area contributed by atoms with Crippen molar-refractivity contribution in [3.05, 3.63) is 89.7 Å². The van der Waals surface area contributed by atoms with Crippen LogP contribution in [0.15, 0.2) is 73.1 Å². The van der Waals surface area contributed by atoms with Gasteiger partial charge in [0, 0.05) is 24.6 Å². The quantitative estimate of drug-likeness (QED) is 0.564. The van der Waals surface area contributed by atoms with Gasteiger partial charge in [0.2, 0.25) is 0 Å². The van der Waals surface area contributed by atoms with Crippen molar-refractivity contribution in [1.29, 1.82) is 0 Å². The molecule has 1 heterocycles. The molecule has 1 atom stereocenters.